The lowest BCUT2D eigenvalue weighted by molar-refractivity contribution is -0.384. The van der Waals surface area contributed by atoms with Crippen LogP contribution in [0.15, 0.2) is 76.8 Å². The minimum atomic E-state index is -0.534. The summed E-state index contributed by atoms with van der Waals surface area (Å²) in [6.07, 6.45) is 1.45. The molecule has 3 rings (SSSR count). The molecular formula is C24H18BrN3O5. The lowest BCUT2D eigenvalue weighted by Crippen LogP contribution is -2.13. The number of non-ortho nitro benzene ring substituents is 1. The zero-order valence-electron chi connectivity index (χ0n) is 17.4. The monoisotopic (exact) mass is 507 g/mol. The number of nitro benzene ring substituents is 1. The number of benzene rings is 3. The predicted octanol–water partition coefficient (Wildman–Crippen LogP) is 5.49. The molecule has 8 nitrogen and oxygen atoms in total. The number of nitrogens with one attached hydrogen (secondary N) is 1. The second-order valence-electron chi connectivity index (χ2n) is 6.76. The molecule has 0 unspecified atom stereocenters. The van der Waals surface area contributed by atoms with E-state index < -0.39 is 10.8 Å². The molecular weight excluding hydrogens is 490 g/mol. The van der Waals surface area contributed by atoms with Crippen LogP contribution >= 0.6 is 15.9 Å². The number of carbonyl (C=O) groups excluding carboxylic acids is 1. The molecule has 0 aliphatic rings. The summed E-state index contributed by atoms with van der Waals surface area (Å²) in [5, 5.41) is 22.9. The van der Waals surface area contributed by atoms with Crippen molar-refractivity contribution in [3.63, 3.8) is 0 Å². The average Bonchev–Trinajstić information content (AvgIpc) is 2.81. The summed E-state index contributed by atoms with van der Waals surface area (Å²) in [5.74, 6) is 0.327. The standard InChI is InChI=1S/C24H18BrN3O5/c1-32-23-12-17(11-18(14-26)24(29)27-20-4-2-3-19(25)13-20)7-10-22(23)33-15-16-5-8-21(9-6-16)28(30)31/h2-13H,15H2,1H3,(H,27,29)/b18-11-. The van der Waals surface area contributed by atoms with Gasteiger partial charge in [-0.3, -0.25) is 14.9 Å². The molecule has 0 atom stereocenters. The molecule has 0 aliphatic heterocycles. The highest BCUT2D eigenvalue weighted by molar-refractivity contribution is 9.10. The number of anilines is 1. The summed E-state index contributed by atoms with van der Waals surface area (Å²) >= 11 is 3.34. The summed E-state index contributed by atoms with van der Waals surface area (Å²) in [6.45, 7) is 0.183. The molecule has 0 bridgehead atoms. The number of carbonyl (C=O) groups is 1. The van der Waals surface area contributed by atoms with E-state index in [1.807, 2.05) is 12.1 Å². The van der Waals surface area contributed by atoms with Crippen LogP contribution in [0.1, 0.15) is 11.1 Å². The van der Waals surface area contributed by atoms with Crippen molar-refractivity contribution in [2.24, 2.45) is 0 Å². The second-order valence-corrected chi connectivity index (χ2v) is 7.67. The molecule has 0 aliphatic carbocycles. The molecule has 1 amide bonds. The number of nitrogens with zero attached hydrogens (tertiary/aromatic N) is 2. The molecule has 0 fully saturated rings. The van der Waals surface area contributed by atoms with Crippen molar-refractivity contribution in [1.82, 2.24) is 0 Å². The van der Waals surface area contributed by atoms with Crippen LogP contribution in [0.3, 0.4) is 0 Å². The Bertz CT molecular complexity index is 1250. The van der Waals surface area contributed by atoms with Gasteiger partial charge in [0.15, 0.2) is 11.5 Å². The van der Waals surface area contributed by atoms with Crippen LogP contribution in [0.2, 0.25) is 0 Å². The van der Waals surface area contributed by atoms with E-state index in [9.17, 15) is 20.2 Å². The second kappa shape index (κ2) is 10.9. The van der Waals surface area contributed by atoms with Crippen molar-refractivity contribution in [2.45, 2.75) is 6.61 Å². The molecule has 1 N–H and O–H groups in total. The van der Waals surface area contributed by atoms with Crippen molar-refractivity contribution < 1.29 is 19.2 Å². The Morgan fingerprint density at radius 1 is 1.15 bits per heavy atom. The number of halogens is 1. The van der Waals surface area contributed by atoms with Gasteiger partial charge in [0.05, 0.1) is 12.0 Å². The van der Waals surface area contributed by atoms with Crippen LogP contribution in [0.4, 0.5) is 11.4 Å². The van der Waals surface area contributed by atoms with E-state index in [1.165, 1.54) is 25.3 Å². The van der Waals surface area contributed by atoms with Gasteiger partial charge in [-0.05, 0) is 59.7 Å². The minimum Gasteiger partial charge on any atom is -0.493 e. The largest absolute Gasteiger partial charge is 0.493 e. The average molecular weight is 508 g/mol. The first-order chi connectivity index (χ1) is 15.9. The highest BCUT2D eigenvalue weighted by Crippen LogP contribution is 2.30. The predicted molar refractivity (Wildman–Crippen MR) is 127 cm³/mol. The summed E-state index contributed by atoms with van der Waals surface area (Å²) in [7, 11) is 1.48. The van der Waals surface area contributed by atoms with Crippen LogP contribution in [-0.4, -0.2) is 17.9 Å². The van der Waals surface area contributed by atoms with Crippen LogP contribution in [0.25, 0.3) is 6.08 Å². The first kappa shape index (κ1) is 23.5. The van der Waals surface area contributed by atoms with Crippen LogP contribution in [-0.2, 0) is 11.4 Å². The topological polar surface area (TPSA) is 114 Å². The van der Waals surface area contributed by atoms with Crippen molar-refractivity contribution in [2.75, 3.05) is 12.4 Å². The first-order valence-corrected chi connectivity index (χ1v) is 10.4. The molecule has 0 saturated heterocycles. The van der Waals surface area contributed by atoms with Crippen LogP contribution < -0.4 is 14.8 Å². The van der Waals surface area contributed by atoms with Crippen molar-refractivity contribution >= 4 is 39.3 Å². The fourth-order valence-electron chi connectivity index (χ4n) is 2.85. The Labute approximate surface area is 198 Å². The van der Waals surface area contributed by atoms with Gasteiger partial charge in [-0.15, -0.1) is 0 Å². The number of ether oxygens (including phenoxy) is 2. The summed E-state index contributed by atoms with van der Waals surface area (Å²) in [5.41, 5.74) is 1.82. The Kier molecular flexibility index (Phi) is 7.78. The molecule has 3 aromatic rings. The quantitative estimate of drug-likeness (QED) is 0.186. The van der Waals surface area contributed by atoms with Gasteiger partial charge in [0.1, 0.15) is 18.2 Å². The summed E-state index contributed by atoms with van der Waals surface area (Å²) < 4.78 is 12.0. The third-order valence-corrected chi connectivity index (χ3v) is 4.98. The maximum atomic E-state index is 12.5. The van der Waals surface area contributed by atoms with E-state index in [0.29, 0.717) is 22.7 Å². The normalized spacial score (nSPS) is 10.8. The molecule has 0 radical (unpaired) electrons. The van der Waals surface area contributed by atoms with E-state index in [-0.39, 0.29) is 17.9 Å². The fourth-order valence-corrected chi connectivity index (χ4v) is 3.25. The number of hydrogen-bond acceptors (Lipinski definition) is 6. The van der Waals surface area contributed by atoms with E-state index in [0.717, 1.165) is 10.0 Å². The van der Waals surface area contributed by atoms with E-state index in [1.54, 1.807) is 48.5 Å². The van der Waals surface area contributed by atoms with Gasteiger partial charge in [0.25, 0.3) is 11.6 Å². The third kappa shape index (κ3) is 6.41. The highest BCUT2D eigenvalue weighted by Gasteiger charge is 2.12. The van der Waals surface area contributed by atoms with Gasteiger partial charge in [-0.1, -0.05) is 28.1 Å². The number of methoxy groups -OCH3 is 1. The van der Waals surface area contributed by atoms with E-state index in [2.05, 4.69) is 21.2 Å². The molecule has 33 heavy (non-hydrogen) atoms. The molecule has 9 heteroatoms. The smallest absolute Gasteiger partial charge is 0.269 e. The van der Waals surface area contributed by atoms with Gasteiger partial charge >= 0.3 is 0 Å². The Balaban J connectivity index is 1.73. The first-order valence-electron chi connectivity index (χ1n) is 9.62. The van der Waals surface area contributed by atoms with Crippen molar-refractivity contribution in [3.8, 4) is 17.6 Å². The zero-order chi connectivity index (χ0) is 23.8. The number of rotatable bonds is 8. The van der Waals surface area contributed by atoms with Gasteiger partial charge in [-0.2, -0.15) is 5.26 Å². The molecule has 0 saturated carbocycles. The SMILES string of the molecule is COc1cc(/C=C(/C#N)C(=O)Nc2cccc(Br)c2)ccc1OCc1ccc([N+](=O)[O-])cc1. The van der Waals surface area contributed by atoms with Crippen LogP contribution in [0, 0.1) is 21.4 Å². The minimum absolute atomic E-state index is 0.00436. The van der Waals surface area contributed by atoms with Crippen molar-refractivity contribution in [1.29, 1.82) is 5.26 Å². The van der Waals surface area contributed by atoms with E-state index in [4.69, 9.17) is 9.47 Å². The number of amides is 1. The maximum Gasteiger partial charge on any atom is 0.269 e. The van der Waals surface area contributed by atoms with Gasteiger partial charge < -0.3 is 14.8 Å². The number of nitriles is 1. The Morgan fingerprint density at radius 3 is 2.55 bits per heavy atom. The Hall–Kier alpha value is -4.16. The molecule has 0 aromatic heterocycles. The number of hydrogen-bond donors (Lipinski definition) is 1. The molecule has 166 valence electrons. The highest BCUT2D eigenvalue weighted by atomic mass is 79.9. The number of nitro groups is 1. The summed E-state index contributed by atoms with van der Waals surface area (Å²) in [6, 6.07) is 20.0. The molecule has 3 aromatic carbocycles. The van der Waals surface area contributed by atoms with Gasteiger partial charge in [0, 0.05) is 22.3 Å². The summed E-state index contributed by atoms with van der Waals surface area (Å²) in [4.78, 5) is 22.8. The van der Waals surface area contributed by atoms with Gasteiger partial charge in [-0.25, -0.2) is 0 Å². The maximum absolute atomic E-state index is 12.5. The van der Waals surface area contributed by atoms with Gasteiger partial charge in [0.2, 0.25) is 0 Å². The fraction of sp³-hybridized carbons (Fsp3) is 0.0833. The molecule has 0 heterocycles. The lowest BCUT2D eigenvalue weighted by Gasteiger charge is -2.12. The third-order valence-electron chi connectivity index (χ3n) is 4.49. The zero-order valence-corrected chi connectivity index (χ0v) is 19.0. The lowest BCUT2D eigenvalue weighted by atomic mass is 10.1. The molecule has 0 spiro atoms. The van der Waals surface area contributed by atoms with Crippen molar-refractivity contribution in [3.05, 3.63) is 98.0 Å². The van der Waals surface area contributed by atoms with Crippen LogP contribution in [0.5, 0.6) is 11.5 Å². The Morgan fingerprint density at radius 2 is 1.91 bits per heavy atom. The van der Waals surface area contributed by atoms with E-state index >= 15 is 0 Å².